The first-order chi connectivity index (χ1) is 18.7. The Morgan fingerprint density at radius 1 is 1.05 bits per heavy atom. The van der Waals surface area contributed by atoms with Gasteiger partial charge >= 0.3 is 0 Å². The summed E-state index contributed by atoms with van der Waals surface area (Å²) in [6.07, 6.45) is 1.04. The second kappa shape index (κ2) is 11.8. The van der Waals surface area contributed by atoms with Crippen LogP contribution in [-0.2, 0) is 10.0 Å². The van der Waals surface area contributed by atoms with E-state index < -0.39 is 10.0 Å². The average molecular weight is 572 g/mol. The van der Waals surface area contributed by atoms with E-state index in [4.69, 9.17) is 9.72 Å². The van der Waals surface area contributed by atoms with Crippen LogP contribution in [0, 0.1) is 11.8 Å². The van der Waals surface area contributed by atoms with Gasteiger partial charge in [0.25, 0.3) is 5.91 Å². The number of rotatable bonds is 8. The Balaban J connectivity index is 1.09. The molecule has 1 N–H and O–H groups in total. The van der Waals surface area contributed by atoms with Gasteiger partial charge in [-0.15, -0.1) is 0 Å². The summed E-state index contributed by atoms with van der Waals surface area (Å²) < 4.78 is 34.4. The number of hydrogen-bond donors (Lipinski definition) is 1. The molecular formula is C28H37N5O4S2. The van der Waals surface area contributed by atoms with Crippen molar-refractivity contribution in [2.24, 2.45) is 11.8 Å². The molecule has 0 bridgehead atoms. The van der Waals surface area contributed by atoms with Crippen LogP contribution < -0.4 is 15.0 Å². The maximum absolute atomic E-state index is 13.1. The highest BCUT2D eigenvalue weighted by Crippen LogP contribution is 2.34. The number of carbonyl (C=O) groups excluding carboxylic acids is 1. The minimum absolute atomic E-state index is 0.193. The predicted molar refractivity (Wildman–Crippen MR) is 155 cm³/mol. The maximum atomic E-state index is 13.1. The van der Waals surface area contributed by atoms with E-state index in [2.05, 4.69) is 35.0 Å². The fourth-order valence-electron chi connectivity index (χ4n) is 5.53. The molecule has 2 aliphatic heterocycles. The molecule has 2 aliphatic rings. The standard InChI is InChI=1S/C28H37N5O4S2/c1-20-17-21(2)19-33(18-20)39(35,36)23-9-7-22(8-10-23)27(34)29-11-12-31-13-15-32(16-14-31)28-30-26-24(37-3)5-4-6-25(26)38-28/h4-10,20-21H,11-19H2,1-3H3,(H,29,34). The number of carbonyl (C=O) groups is 1. The molecule has 2 fully saturated rings. The number of sulfonamides is 1. The Morgan fingerprint density at radius 3 is 2.41 bits per heavy atom. The van der Waals surface area contributed by atoms with Crippen LogP contribution in [0.15, 0.2) is 47.4 Å². The van der Waals surface area contributed by atoms with Crippen LogP contribution >= 0.6 is 11.3 Å². The summed E-state index contributed by atoms with van der Waals surface area (Å²) in [5, 5.41) is 3.99. The van der Waals surface area contributed by atoms with Gasteiger partial charge in [0, 0.05) is 57.9 Å². The monoisotopic (exact) mass is 571 g/mol. The molecule has 0 saturated carbocycles. The zero-order valence-electron chi connectivity index (χ0n) is 22.8. The van der Waals surface area contributed by atoms with Gasteiger partial charge in [0.15, 0.2) is 5.13 Å². The molecular weight excluding hydrogens is 534 g/mol. The highest BCUT2D eigenvalue weighted by molar-refractivity contribution is 7.89. The van der Waals surface area contributed by atoms with Crippen LogP contribution in [-0.4, -0.2) is 88.0 Å². The lowest BCUT2D eigenvalue weighted by Crippen LogP contribution is -2.48. The molecule has 2 atom stereocenters. The summed E-state index contributed by atoms with van der Waals surface area (Å²) in [6, 6.07) is 12.3. The van der Waals surface area contributed by atoms with Crippen molar-refractivity contribution in [2.45, 2.75) is 25.2 Å². The molecule has 1 amide bonds. The Labute approximate surface area is 234 Å². The molecule has 3 heterocycles. The van der Waals surface area contributed by atoms with Gasteiger partial charge in [-0.05, 0) is 54.7 Å². The normalized spacial score (nSPS) is 21.3. The highest BCUT2D eigenvalue weighted by Gasteiger charge is 2.31. The number of fused-ring (bicyclic) bond motifs is 1. The van der Waals surface area contributed by atoms with Crippen molar-refractivity contribution in [2.75, 3.05) is 64.4 Å². The smallest absolute Gasteiger partial charge is 0.251 e. The average Bonchev–Trinajstić information content (AvgIpc) is 3.37. The van der Waals surface area contributed by atoms with E-state index in [1.54, 1.807) is 47.0 Å². The summed E-state index contributed by atoms with van der Waals surface area (Å²) in [5.41, 5.74) is 1.37. The summed E-state index contributed by atoms with van der Waals surface area (Å²) in [6.45, 7) is 10.1. The topological polar surface area (TPSA) is 95.1 Å². The van der Waals surface area contributed by atoms with E-state index in [1.165, 1.54) is 0 Å². The third kappa shape index (κ3) is 6.21. The summed E-state index contributed by atoms with van der Waals surface area (Å²) >= 11 is 1.68. The van der Waals surface area contributed by atoms with Gasteiger partial charge in [-0.3, -0.25) is 9.69 Å². The van der Waals surface area contributed by atoms with Crippen molar-refractivity contribution in [1.82, 2.24) is 19.5 Å². The van der Waals surface area contributed by atoms with Crippen LogP contribution in [0.5, 0.6) is 5.75 Å². The largest absolute Gasteiger partial charge is 0.494 e. The first-order valence-corrected chi connectivity index (χ1v) is 15.8. The van der Waals surface area contributed by atoms with Crippen LogP contribution in [0.3, 0.4) is 0 Å². The molecule has 11 heteroatoms. The Bertz CT molecular complexity index is 1390. The number of thiazole rings is 1. The molecule has 2 aromatic carbocycles. The second-order valence-electron chi connectivity index (χ2n) is 10.7. The number of hydrogen-bond acceptors (Lipinski definition) is 8. The van der Waals surface area contributed by atoms with Crippen molar-refractivity contribution < 1.29 is 17.9 Å². The fraction of sp³-hybridized carbons (Fsp3) is 0.500. The first kappa shape index (κ1) is 27.8. The predicted octanol–water partition coefficient (Wildman–Crippen LogP) is 3.52. The number of nitrogens with one attached hydrogen (secondary N) is 1. The number of aromatic nitrogens is 1. The number of para-hydroxylation sites is 1. The van der Waals surface area contributed by atoms with E-state index in [9.17, 15) is 13.2 Å². The van der Waals surface area contributed by atoms with Crippen molar-refractivity contribution in [3.05, 3.63) is 48.0 Å². The molecule has 0 spiro atoms. The van der Waals surface area contributed by atoms with E-state index in [1.807, 2.05) is 12.1 Å². The fourth-order valence-corrected chi connectivity index (χ4v) is 8.25. The zero-order chi connectivity index (χ0) is 27.6. The minimum Gasteiger partial charge on any atom is -0.494 e. The zero-order valence-corrected chi connectivity index (χ0v) is 24.4. The lowest BCUT2D eigenvalue weighted by Gasteiger charge is -2.34. The SMILES string of the molecule is COc1cccc2sc(N3CCN(CCNC(=O)c4ccc(S(=O)(=O)N5CC(C)CC(C)C5)cc4)CC3)nc12. The van der Waals surface area contributed by atoms with E-state index in [-0.39, 0.29) is 10.8 Å². The summed E-state index contributed by atoms with van der Waals surface area (Å²) in [7, 11) is -1.89. The van der Waals surface area contributed by atoms with Crippen LogP contribution in [0.1, 0.15) is 30.6 Å². The Kier molecular flexibility index (Phi) is 8.41. The van der Waals surface area contributed by atoms with Crippen LogP contribution in [0.2, 0.25) is 0 Å². The minimum atomic E-state index is -3.56. The number of amides is 1. The number of piperidine rings is 1. The molecule has 2 saturated heterocycles. The van der Waals surface area contributed by atoms with Crippen LogP contribution in [0.4, 0.5) is 5.13 Å². The van der Waals surface area contributed by atoms with E-state index in [0.717, 1.165) is 60.2 Å². The lowest BCUT2D eigenvalue weighted by molar-refractivity contribution is 0.0947. The van der Waals surface area contributed by atoms with Gasteiger partial charge in [-0.25, -0.2) is 13.4 Å². The lowest BCUT2D eigenvalue weighted by atomic mass is 9.94. The van der Waals surface area contributed by atoms with E-state index >= 15 is 0 Å². The summed E-state index contributed by atoms with van der Waals surface area (Å²) in [5.74, 6) is 1.29. The number of benzene rings is 2. The van der Waals surface area contributed by atoms with Gasteiger partial charge in [-0.1, -0.05) is 31.3 Å². The first-order valence-electron chi connectivity index (χ1n) is 13.5. The third-order valence-electron chi connectivity index (χ3n) is 7.54. The highest BCUT2D eigenvalue weighted by atomic mass is 32.2. The molecule has 1 aromatic heterocycles. The Morgan fingerprint density at radius 2 is 1.74 bits per heavy atom. The number of piperazine rings is 1. The second-order valence-corrected chi connectivity index (χ2v) is 13.6. The van der Waals surface area contributed by atoms with Crippen LogP contribution in [0.25, 0.3) is 10.2 Å². The molecule has 2 unspecified atom stereocenters. The van der Waals surface area contributed by atoms with Crippen molar-refractivity contribution in [1.29, 1.82) is 0 Å². The number of methoxy groups -OCH3 is 1. The van der Waals surface area contributed by atoms with Gasteiger partial charge < -0.3 is 15.0 Å². The molecule has 3 aromatic rings. The molecule has 210 valence electrons. The van der Waals surface area contributed by atoms with Gasteiger partial charge in [0.2, 0.25) is 10.0 Å². The molecule has 0 aliphatic carbocycles. The van der Waals surface area contributed by atoms with E-state index in [0.29, 0.717) is 37.0 Å². The van der Waals surface area contributed by atoms with Gasteiger partial charge in [0.1, 0.15) is 11.3 Å². The quantitative estimate of drug-likeness (QED) is 0.442. The van der Waals surface area contributed by atoms with Gasteiger partial charge in [-0.2, -0.15) is 4.31 Å². The molecule has 0 radical (unpaired) electrons. The van der Waals surface area contributed by atoms with Crippen molar-refractivity contribution in [3.63, 3.8) is 0 Å². The maximum Gasteiger partial charge on any atom is 0.251 e. The molecule has 5 rings (SSSR count). The summed E-state index contributed by atoms with van der Waals surface area (Å²) in [4.78, 5) is 22.4. The Hall–Kier alpha value is -2.73. The molecule has 39 heavy (non-hydrogen) atoms. The molecule has 9 nitrogen and oxygen atoms in total. The number of nitrogens with zero attached hydrogens (tertiary/aromatic N) is 4. The van der Waals surface area contributed by atoms with Crippen molar-refractivity contribution in [3.8, 4) is 5.75 Å². The number of ether oxygens (including phenoxy) is 1. The third-order valence-corrected chi connectivity index (χ3v) is 10.5. The van der Waals surface area contributed by atoms with Gasteiger partial charge in [0.05, 0.1) is 16.7 Å². The van der Waals surface area contributed by atoms with Crippen molar-refractivity contribution >= 4 is 42.6 Å². The number of anilines is 1.